The largest absolute Gasteiger partial charge is 0.490 e. The van der Waals surface area contributed by atoms with Crippen molar-refractivity contribution in [1.29, 1.82) is 0 Å². The Labute approximate surface area is 130 Å². The molecule has 0 radical (unpaired) electrons. The topological polar surface area (TPSA) is 47.6 Å². The maximum Gasteiger partial charge on any atom is 0.251 e. The second-order valence-electron chi connectivity index (χ2n) is 5.20. The maximum atomic E-state index is 12.0. The number of benzene rings is 2. The molecule has 1 amide bonds. The highest BCUT2D eigenvalue weighted by atomic mass is 16.5. The molecule has 4 heteroatoms. The van der Waals surface area contributed by atoms with Gasteiger partial charge in [-0.05, 0) is 36.2 Å². The van der Waals surface area contributed by atoms with Gasteiger partial charge in [0, 0.05) is 18.5 Å². The number of nitrogens with one attached hydrogen (secondary N) is 1. The van der Waals surface area contributed by atoms with Crippen molar-refractivity contribution in [3.63, 3.8) is 0 Å². The van der Waals surface area contributed by atoms with E-state index in [0.29, 0.717) is 25.3 Å². The van der Waals surface area contributed by atoms with E-state index in [2.05, 4.69) is 5.32 Å². The Balaban J connectivity index is 1.56. The van der Waals surface area contributed by atoms with E-state index in [0.717, 1.165) is 29.9 Å². The summed E-state index contributed by atoms with van der Waals surface area (Å²) in [6, 6.07) is 15.2. The van der Waals surface area contributed by atoms with Crippen molar-refractivity contribution in [3.8, 4) is 11.5 Å². The summed E-state index contributed by atoms with van der Waals surface area (Å²) in [6.45, 7) is 1.97. The quantitative estimate of drug-likeness (QED) is 0.944. The number of fused-ring (bicyclic) bond motifs is 1. The first-order chi connectivity index (χ1) is 10.8. The van der Waals surface area contributed by atoms with Gasteiger partial charge in [0.25, 0.3) is 5.91 Å². The number of amides is 1. The predicted molar refractivity (Wildman–Crippen MR) is 84.5 cm³/mol. The van der Waals surface area contributed by atoms with E-state index in [1.807, 2.05) is 48.5 Å². The molecule has 0 aromatic heterocycles. The molecule has 0 spiro atoms. The van der Waals surface area contributed by atoms with E-state index in [-0.39, 0.29) is 5.91 Å². The summed E-state index contributed by atoms with van der Waals surface area (Å²) in [6.07, 6.45) is 1.66. The number of carbonyl (C=O) groups is 1. The van der Waals surface area contributed by atoms with Gasteiger partial charge in [-0.2, -0.15) is 0 Å². The van der Waals surface area contributed by atoms with Crippen LogP contribution in [0.1, 0.15) is 22.3 Å². The summed E-state index contributed by atoms with van der Waals surface area (Å²) < 4.78 is 11.3. The molecule has 0 unspecified atom stereocenters. The zero-order chi connectivity index (χ0) is 15.2. The highest BCUT2D eigenvalue weighted by molar-refractivity contribution is 5.94. The van der Waals surface area contributed by atoms with Gasteiger partial charge < -0.3 is 14.8 Å². The second kappa shape index (κ2) is 6.98. The van der Waals surface area contributed by atoms with Gasteiger partial charge in [-0.25, -0.2) is 0 Å². The molecule has 0 saturated heterocycles. The zero-order valence-electron chi connectivity index (χ0n) is 12.4. The minimum atomic E-state index is -0.0463. The molecule has 1 heterocycles. The van der Waals surface area contributed by atoms with Gasteiger partial charge in [-0.3, -0.25) is 4.79 Å². The molecule has 114 valence electrons. The molecule has 0 atom stereocenters. The van der Waals surface area contributed by atoms with Crippen LogP contribution in [0.2, 0.25) is 0 Å². The average molecular weight is 297 g/mol. The van der Waals surface area contributed by atoms with Crippen LogP contribution in [0.15, 0.2) is 48.5 Å². The number of hydrogen-bond acceptors (Lipinski definition) is 3. The van der Waals surface area contributed by atoms with Crippen molar-refractivity contribution in [2.75, 3.05) is 19.8 Å². The minimum absolute atomic E-state index is 0.0463. The first kappa shape index (κ1) is 14.4. The van der Waals surface area contributed by atoms with E-state index < -0.39 is 0 Å². The lowest BCUT2D eigenvalue weighted by molar-refractivity contribution is 0.0954. The van der Waals surface area contributed by atoms with Crippen LogP contribution in [0.5, 0.6) is 11.5 Å². The van der Waals surface area contributed by atoms with Crippen molar-refractivity contribution in [1.82, 2.24) is 5.32 Å². The lowest BCUT2D eigenvalue weighted by Crippen LogP contribution is -2.25. The van der Waals surface area contributed by atoms with Gasteiger partial charge in [0.1, 0.15) is 0 Å². The maximum absolute atomic E-state index is 12.0. The van der Waals surface area contributed by atoms with Gasteiger partial charge in [0.15, 0.2) is 11.5 Å². The molecule has 0 aliphatic carbocycles. The zero-order valence-corrected chi connectivity index (χ0v) is 12.4. The molecule has 4 nitrogen and oxygen atoms in total. The average Bonchev–Trinajstić information content (AvgIpc) is 2.80. The fourth-order valence-electron chi connectivity index (χ4n) is 2.38. The van der Waals surface area contributed by atoms with Gasteiger partial charge in [0.05, 0.1) is 13.2 Å². The molecule has 2 aromatic carbocycles. The number of hydrogen-bond donors (Lipinski definition) is 1. The Morgan fingerprint density at radius 3 is 2.59 bits per heavy atom. The molecule has 1 aliphatic heterocycles. The SMILES string of the molecule is O=C(NCCc1ccc2c(c1)OCCCO2)c1ccccc1. The van der Waals surface area contributed by atoms with Gasteiger partial charge >= 0.3 is 0 Å². The third-order valence-electron chi connectivity index (χ3n) is 3.55. The fourth-order valence-corrected chi connectivity index (χ4v) is 2.38. The lowest BCUT2D eigenvalue weighted by Gasteiger charge is -2.10. The number of rotatable bonds is 4. The molecule has 2 aromatic rings. The highest BCUT2D eigenvalue weighted by Crippen LogP contribution is 2.30. The van der Waals surface area contributed by atoms with E-state index in [4.69, 9.17) is 9.47 Å². The van der Waals surface area contributed by atoms with Crippen molar-refractivity contribution >= 4 is 5.91 Å². The van der Waals surface area contributed by atoms with Gasteiger partial charge in [-0.15, -0.1) is 0 Å². The molecule has 1 aliphatic rings. The summed E-state index contributed by atoms with van der Waals surface area (Å²) in [4.78, 5) is 12.0. The summed E-state index contributed by atoms with van der Waals surface area (Å²) >= 11 is 0. The molecular formula is C18H19NO3. The third-order valence-corrected chi connectivity index (χ3v) is 3.55. The monoisotopic (exact) mass is 297 g/mol. The van der Waals surface area contributed by atoms with E-state index in [1.54, 1.807) is 0 Å². The number of ether oxygens (including phenoxy) is 2. The highest BCUT2D eigenvalue weighted by Gasteiger charge is 2.10. The van der Waals surface area contributed by atoms with Crippen molar-refractivity contribution in [2.45, 2.75) is 12.8 Å². The van der Waals surface area contributed by atoms with Crippen LogP contribution in [0, 0.1) is 0 Å². The Morgan fingerprint density at radius 2 is 1.77 bits per heavy atom. The summed E-state index contributed by atoms with van der Waals surface area (Å²) in [5.74, 6) is 1.55. The van der Waals surface area contributed by atoms with Crippen LogP contribution in [0.3, 0.4) is 0 Å². The third kappa shape index (κ3) is 3.58. The van der Waals surface area contributed by atoms with Crippen LogP contribution in [0.4, 0.5) is 0 Å². The molecule has 1 N–H and O–H groups in total. The van der Waals surface area contributed by atoms with Crippen LogP contribution in [-0.4, -0.2) is 25.7 Å². The molecule has 0 bridgehead atoms. The van der Waals surface area contributed by atoms with E-state index in [1.165, 1.54) is 0 Å². The smallest absolute Gasteiger partial charge is 0.251 e. The van der Waals surface area contributed by atoms with E-state index >= 15 is 0 Å². The Morgan fingerprint density at radius 1 is 1.00 bits per heavy atom. The fraction of sp³-hybridized carbons (Fsp3) is 0.278. The Hall–Kier alpha value is -2.49. The number of carbonyl (C=O) groups excluding carboxylic acids is 1. The summed E-state index contributed by atoms with van der Waals surface area (Å²) in [5.41, 5.74) is 1.80. The van der Waals surface area contributed by atoms with Crippen molar-refractivity contribution in [2.24, 2.45) is 0 Å². The van der Waals surface area contributed by atoms with Gasteiger partial charge in [0.2, 0.25) is 0 Å². The lowest BCUT2D eigenvalue weighted by atomic mass is 10.1. The molecule has 22 heavy (non-hydrogen) atoms. The second-order valence-corrected chi connectivity index (χ2v) is 5.20. The van der Waals surface area contributed by atoms with Crippen LogP contribution in [-0.2, 0) is 6.42 Å². The molecular weight excluding hydrogens is 278 g/mol. The first-order valence-corrected chi connectivity index (χ1v) is 7.55. The summed E-state index contributed by atoms with van der Waals surface area (Å²) in [5, 5.41) is 2.93. The first-order valence-electron chi connectivity index (χ1n) is 7.55. The Bertz CT molecular complexity index is 640. The van der Waals surface area contributed by atoms with Crippen molar-refractivity contribution in [3.05, 3.63) is 59.7 Å². The van der Waals surface area contributed by atoms with Crippen LogP contribution < -0.4 is 14.8 Å². The van der Waals surface area contributed by atoms with E-state index in [9.17, 15) is 4.79 Å². The minimum Gasteiger partial charge on any atom is -0.490 e. The van der Waals surface area contributed by atoms with Crippen molar-refractivity contribution < 1.29 is 14.3 Å². The van der Waals surface area contributed by atoms with Crippen LogP contribution in [0.25, 0.3) is 0 Å². The summed E-state index contributed by atoms with van der Waals surface area (Å²) in [7, 11) is 0. The van der Waals surface area contributed by atoms with Gasteiger partial charge in [-0.1, -0.05) is 24.3 Å². The standard InChI is InChI=1S/C18H19NO3/c20-18(15-5-2-1-3-6-15)19-10-9-14-7-8-16-17(13-14)22-12-4-11-21-16/h1-3,5-8,13H,4,9-12H2,(H,19,20). The Kier molecular flexibility index (Phi) is 4.59. The molecule has 0 saturated carbocycles. The van der Waals surface area contributed by atoms with Crippen LogP contribution >= 0.6 is 0 Å². The molecule has 3 rings (SSSR count). The predicted octanol–water partition coefficient (Wildman–Crippen LogP) is 2.82. The molecule has 0 fully saturated rings. The normalized spacial score (nSPS) is 13.3.